The number of rotatable bonds is 5. The van der Waals surface area contributed by atoms with Crippen LogP contribution in [-0.2, 0) is 14.3 Å². The lowest BCUT2D eigenvalue weighted by Crippen LogP contribution is -2.50. The Morgan fingerprint density at radius 3 is 2.57 bits per heavy atom. The number of nitrogens with one attached hydrogen (secondary N) is 3. The first-order valence-corrected chi connectivity index (χ1v) is 10.9. The van der Waals surface area contributed by atoms with E-state index in [1.165, 1.54) is 0 Å². The van der Waals surface area contributed by atoms with Crippen molar-refractivity contribution >= 4 is 17.9 Å². The largest absolute Gasteiger partial charge is 0.444 e. The summed E-state index contributed by atoms with van der Waals surface area (Å²) in [5.41, 5.74) is 0.471. The second-order valence-electron chi connectivity index (χ2n) is 9.38. The van der Waals surface area contributed by atoms with Crippen molar-refractivity contribution in [1.29, 1.82) is 0 Å². The number of likely N-dealkylation sites (tertiary alicyclic amines) is 1. The molecular formula is C22H34N4O4. The monoisotopic (exact) mass is 418 g/mol. The Kier molecular flexibility index (Phi) is 7.18. The Morgan fingerprint density at radius 2 is 1.97 bits per heavy atom. The van der Waals surface area contributed by atoms with Gasteiger partial charge < -0.3 is 20.3 Å². The fraction of sp³-hybridized carbons (Fsp3) is 0.682. The number of carbonyl (C=O) groups is 3. The van der Waals surface area contributed by atoms with E-state index >= 15 is 0 Å². The maximum atomic E-state index is 11.9. The number of hydrogen-bond acceptors (Lipinski definition) is 6. The summed E-state index contributed by atoms with van der Waals surface area (Å²) in [5, 5.41) is 8.59. The summed E-state index contributed by atoms with van der Waals surface area (Å²) in [6, 6.07) is -0.172. The molecule has 0 bridgehead atoms. The highest BCUT2D eigenvalue weighted by Gasteiger charge is 2.28. The van der Waals surface area contributed by atoms with Crippen LogP contribution in [0.2, 0.25) is 0 Å². The summed E-state index contributed by atoms with van der Waals surface area (Å²) in [4.78, 5) is 37.5. The molecular weight excluding hydrogens is 384 g/mol. The van der Waals surface area contributed by atoms with Gasteiger partial charge in [-0.2, -0.15) is 0 Å². The van der Waals surface area contributed by atoms with Crippen LogP contribution in [0.25, 0.3) is 0 Å². The van der Waals surface area contributed by atoms with Gasteiger partial charge in [-0.05, 0) is 58.4 Å². The molecule has 3 aliphatic rings. The molecule has 0 spiro atoms. The van der Waals surface area contributed by atoms with E-state index in [2.05, 4.69) is 33.0 Å². The van der Waals surface area contributed by atoms with Crippen molar-refractivity contribution in [2.75, 3.05) is 19.6 Å². The van der Waals surface area contributed by atoms with Crippen LogP contribution in [-0.4, -0.2) is 60.1 Å². The Balaban J connectivity index is 1.36. The molecule has 0 radical (unpaired) electrons. The fourth-order valence-corrected chi connectivity index (χ4v) is 4.01. The molecule has 166 valence electrons. The number of allylic oxidation sites excluding steroid dienone is 2. The maximum Gasteiger partial charge on any atom is 0.407 e. The van der Waals surface area contributed by atoms with Crippen LogP contribution in [0, 0.1) is 5.92 Å². The first-order chi connectivity index (χ1) is 14.2. The van der Waals surface area contributed by atoms with E-state index in [1.807, 2.05) is 26.8 Å². The van der Waals surface area contributed by atoms with Gasteiger partial charge in [-0.3, -0.25) is 14.9 Å². The zero-order valence-corrected chi connectivity index (χ0v) is 18.2. The molecule has 0 aromatic heterocycles. The number of carbonyl (C=O) groups excluding carboxylic acids is 3. The third kappa shape index (κ3) is 6.86. The van der Waals surface area contributed by atoms with Crippen LogP contribution in [0.1, 0.15) is 52.9 Å². The molecule has 3 N–H and O–H groups in total. The number of alkyl carbamates (subject to hydrolysis) is 1. The van der Waals surface area contributed by atoms with Gasteiger partial charge in [0.05, 0.1) is 0 Å². The van der Waals surface area contributed by atoms with Crippen molar-refractivity contribution in [3.63, 3.8) is 0 Å². The Morgan fingerprint density at radius 1 is 1.23 bits per heavy atom. The topological polar surface area (TPSA) is 99.8 Å². The third-order valence-corrected chi connectivity index (χ3v) is 5.57. The van der Waals surface area contributed by atoms with Gasteiger partial charge in [0.25, 0.3) is 0 Å². The predicted molar refractivity (Wildman–Crippen MR) is 113 cm³/mol. The van der Waals surface area contributed by atoms with Gasteiger partial charge in [0, 0.05) is 37.8 Å². The number of piperidine rings is 2. The number of amides is 3. The van der Waals surface area contributed by atoms with Gasteiger partial charge in [0.2, 0.25) is 11.8 Å². The normalized spacial score (nSPS) is 26.0. The molecule has 3 rings (SSSR count). The van der Waals surface area contributed by atoms with E-state index in [9.17, 15) is 14.4 Å². The highest BCUT2D eigenvalue weighted by atomic mass is 16.6. The lowest BCUT2D eigenvalue weighted by Gasteiger charge is -2.34. The molecule has 30 heavy (non-hydrogen) atoms. The average Bonchev–Trinajstić information content (AvgIpc) is 2.65. The minimum absolute atomic E-state index is 0.169. The van der Waals surface area contributed by atoms with Crippen LogP contribution >= 0.6 is 0 Å². The fourth-order valence-electron chi connectivity index (χ4n) is 4.01. The Hall–Kier alpha value is -2.35. The Bertz CT molecular complexity index is 717. The molecule has 8 nitrogen and oxygen atoms in total. The highest BCUT2D eigenvalue weighted by Crippen LogP contribution is 2.20. The number of nitrogens with zero attached hydrogens (tertiary/aromatic N) is 1. The van der Waals surface area contributed by atoms with Crippen LogP contribution in [0.4, 0.5) is 4.79 Å². The summed E-state index contributed by atoms with van der Waals surface area (Å²) >= 11 is 0. The third-order valence-electron chi connectivity index (χ3n) is 5.57. The molecule has 2 atom stereocenters. The molecule has 3 amide bonds. The van der Waals surface area contributed by atoms with E-state index in [4.69, 9.17) is 4.74 Å². The number of ether oxygens (including phenoxy) is 1. The summed E-state index contributed by atoms with van der Waals surface area (Å²) in [6.45, 7) is 8.50. The average molecular weight is 419 g/mol. The molecule has 1 aliphatic carbocycles. The van der Waals surface area contributed by atoms with Crippen LogP contribution < -0.4 is 16.0 Å². The van der Waals surface area contributed by atoms with Crippen molar-refractivity contribution in [2.24, 2.45) is 5.92 Å². The quantitative estimate of drug-likeness (QED) is 0.589. The lowest BCUT2D eigenvalue weighted by molar-refractivity contribution is -0.134. The van der Waals surface area contributed by atoms with E-state index in [0.29, 0.717) is 18.8 Å². The first-order valence-electron chi connectivity index (χ1n) is 10.9. The van der Waals surface area contributed by atoms with Crippen LogP contribution in [0.3, 0.4) is 0 Å². The smallest absolute Gasteiger partial charge is 0.407 e. The molecule has 0 saturated carbocycles. The minimum atomic E-state index is -0.475. The standard InChI is InChI=1S/C22H34N4O4/c1-22(2,3)30-21(29)24-17-10-12-26(13-11-17)14-15-4-6-16(7-5-15)23-18-8-9-19(27)25-20(18)28/h4,6-7,15,17-18,23H,5,8-14H2,1-3H3,(H,24,29)(H,25,27,28). The predicted octanol–water partition coefficient (Wildman–Crippen LogP) is 1.83. The van der Waals surface area contributed by atoms with Crippen molar-refractivity contribution < 1.29 is 19.1 Å². The molecule has 8 heteroatoms. The van der Waals surface area contributed by atoms with Gasteiger partial charge in [0.15, 0.2) is 0 Å². The molecule has 2 unspecified atom stereocenters. The molecule has 0 aromatic rings. The molecule has 2 aliphatic heterocycles. The van der Waals surface area contributed by atoms with Crippen molar-refractivity contribution in [2.45, 2.75) is 70.6 Å². The Labute approximate surface area is 178 Å². The van der Waals surface area contributed by atoms with Crippen molar-refractivity contribution in [3.05, 3.63) is 23.9 Å². The number of imide groups is 1. The molecule has 0 aromatic carbocycles. The summed E-state index contributed by atoms with van der Waals surface area (Å²) in [5.74, 6) is -0.00504. The molecule has 2 heterocycles. The van der Waals surface area contributed by atoms with Gasteiger partial charge >= 0.3 is 6.09 Å². The van der Waals surface area contributed by atoms with E-state index < -0.39 is 5.60 Å². The van der Waals surface area contributed by atoms with E-state index in [0.717, 1.165) is 44.6 Å². The van der Waals surface area contributed by atoms with Crippen molar-refractivity contribution in [1.82, 2.24) is 20.9 Å². The van der Waals surface area contributed by atoms with Gasteiger partial charge in [0.1, 0.15) is 11.6 Å². The first kappa shape index (κ1) is 22.3. The van der Waals surface area contributed by atoms with Gasteiger partial charge in [-0.15, -0.1) is 0 Å². The second-order valence-corrected chi connectivity index (χ2v) is 9.38. The SMILES string of the molecule is CC(C)(C)OC(=O)NC1CCN(CC2C=CC(NC3CCC(=O)NC3=O)=CC2)CC1. The summed E-state index contributed by atoms with van der Waals surface area (Å²) in [7, 11) is 0. The zero-order valence-electron chi connectivity index (χ0n) is 18.2. The maximum absolute atomic E-state index is 11.9. The van der Waals surface area contributed by atoms with E-state index in [-0.39, 0.29) is 30.0 Å². The minimum Gasteiger partial charge on any atom is -0.444 e. The van der Waals surface area contributed by atoms with Gasteiger partial charge in [-0.1, -0.05) is 12.2 Å². The van der Waals surface area contributed by atoms with E-state index in [1.54, 1.807) is 0 Å². The lowest BCUT2D eigenvalue weighted by atomic mass is 9.96. The zero-order chi connectivity index (χ0) is 21.7. The van der Waals surface area contributed by atoms with Crippen LogP contribution in [0.15, 0.2) is 23.9 Å². The molecule has 2 saturated heterocycles. The van der Waals surface area contributed by atoms with Gasteiger partial charge in [-0.25, -0.2) is 4.79 Å². The summed E-state index contributed by atoms with van der Waals surface area (Å²) < 4.78 is 5.34. The molecule has 2 fully saturated rings. The van der Waals surface area contributed by atoms with Crippen molar-refractivity contribution in [3.8, 4) is 0 Å². The second kappa shape index (κ2) is 9.64. The van der Waals surface area contributed by atoms with Crippen LogP contribution in [0.5, 0.6) is 0 Å². The summed E-state index contributed by atoms with van der Waals surface area (Å²) in [6.07, 6.45) is 9.70. The highest BCUT2D eigenvalue weighted by molar-refractivity contribution is 6.00. The number of hydrogen-bond donors (Lipinski definition) is 3.